The van der Waals surface area contributed by atoms with Gasteiger partial charge in [-0.05, 0) is 53.4 Å². The molecule has 112 valence electrons. The van der Waals surface area contributed by atoms with Crippen LogP contribution in [0.4, 0.5) is 4.79 Å². The highest BCUT2D eigenvalue weighted by Gasteiger charge is 2.23. The highest BCUT2D eigenvalue weighted by molar-refractivity contribution is 5.67. The Kier molecular flexibility index (Phi) is 6.11. The zero-order valence-corrected chi connectivity index (χ0v) is 13.1. The highest BCUT2D eigenvalue weighted by Crippen LogP contribution is 2.27. The lowest BCUT2D eigenvalue weighted by Gasteiger charge is -2.26. The summed E-state index contributed by atoms with van der Waals surface area (Å²) in [5, 5.41) is 6.38. The Labute approximate surface area is 117 Å². The topological polar surface area (TPSA) is 50.4 Å². The average molecular weight is 270 g/mol. The van der Waals surface area contributed by atoms with Crippen molar-refractivity contribution in [1.29, 1.82) is 0 Å². The van der Waals surface area contributed by atoms with Crippen LogP contribution in [0.3, 0.4) is 0 Å². The maximum atomic E-state index is 11.5. The fourth-order valence-electron chi connectivity index (χ4n) is 2.65. The second kappa shape index (κ2) is 7.13. The van der Waals surface area contributed by atoms with Crippen molar-refractivity contribution >= 4 is 6.09 Å². The summed E-state index contributed by atoms with van der Waals surface area (Å²) < 4.78 is 5.22. The van der Waals surface area contributed by atoms with Gasteiger partial charge in [-0.15, -0.1) is 0 Å². The zero-order chi connectivity index (χ0) is 14.5. The SMILES string of the molecule is CC(CNC(=O)OC(C)(C)C)N[C@H](C)C1CCCC1. The molecule has 0 aromatic heterocycles. The fraction of sp³-hybridized carbons (Fsp3) is 0.933. The molecule has 1 saturated carbocycles. The van der Waals surface area contributed by atoms with Crippen LogP contribution in [0, 0.1) is 5.92 Å². The molecule has 4 heteroatoms. The molecule has 0 aromatic rings. The van der Waals surface area contributed by atoms with Gasteiger partial charge in [0, 0.05) is 18.6 Å². The number of alkyl carbamates (subject to hydrolysis) is 1. The molecule has 4 nitrogen and oxygen atoms in total. The highest BCUT2D eigenvalue weighted by atomic mass is 16.6. The summed E-state index contributed by atoms with van der Waals surface area (Å²) in [5.41, 5.74) is -0.433. The Morgan fingerprint density at radius 1 is 1.26 bits per heavy atom. The lowest BCUT2D eigenvalue weighted by atomic mass is 9.99. The minimum atomic E-state index is -0.433. The number of nitrogens with one attached hydrogen (secondary N) is 2. The second-order valence-electron chi connectivity index (χ2n) is 6.78. The minimum Gasteiger partial charge on any atom is -0.444 e. The summed E-state index contributed by atoms with van der Waals surface area (Å²) in [7, 11) is 0. The largest absolute Gasteiger partial charge is 0.444 e. The van der Waals surface area contributed by atoms with Crippen molar-refractivity contribution in [2.45, 2.75) is 78.0 Å². The predicted octanol–water partition coefficient (Wildman–Crippen LogP) is 3.07. The smallest absolute Gasteiger partial charge is 0.407 e. The van der Waals surface area contributed by atoms with Gasteiger partial charge in [-0.1, -0.05) is 12.8 Å². The van der Waals surface area contributed by atoms with Crippen LogP contribution in [0.25, 0.3) is 0 Å². The third-order valence-electron chi connectivity index (χ3n) is 3.61. The maximum Gasteiger partial charge on any atom is 0.407 e. The van der Waals surface area contributed by atoms with Gasteiger partial charge in [0.25, 0.3) is 0 Å². The van der Waals surface area contributed by atoms with Gasteiger partial charge in [0.15, 0.2) is 0 Å². The number of carbonyl (C=O) groups is 1. The third kappa shape index (κ3) is 6.81. The maximum absolute atomic E-state index is 11.5. The number of ether oxygens (including phenoxy) is 1. The molecular formula is C15H30N2O2. The quantitative estimate of drug-likeness (QED) is 0.807. The van der Waals surface area contributed by atoms with E-state index in [1.54, 1.807) is 0 Å². The number of rotatable bonds is 5. The molecule has 1 unspecified atom stereocenters. The van der Waals surface area contributed by atoms with Gasteiger partial charge in [0.05, 0.1) is 0 Å². The molecule has 1 amide bonds. The van der Waals surface area contributed by atoms with E-state index in [2.05, 4.69) is 24.5 Å². The van der Waals surface area contributed by atoms with Gasteiger partial charge in [-0.3, -0.25) is 0 Å². The number of carbonyl (C=O) groups excluding carboxylic acids is 1. The molecule has 1 rings (SSSR count). The molecular weight excluding hydrogens is 240 g/mol. The molecule has 1 fully saturated rings. The van der Waals surface area contributed by atoms with Crippen molar-refractivity contribution in [3.63, 3.8) is 0 Å². The van der Waals surface area contributed by atoms with Crippen LogP contribution in [-0.4, -0.2) is 30.3 Å². The van der Waals surface area contributed by atoms with Gasteiger partial charge in [0.2, 0.25) is 0 Å². The lowest BCUT2D eigenvalue weighted by Crippen LogP contribution is -2.45. The first-order valence-electron chi connectivity index (χ1n) is 7.51. The van der Waals surface area contributed by atoms with Gasteiger partial charge < -0.3 is 15.4 Å². The van der Waals surface area contributed by atoms with Crippen LogP contribution < -0.4 is 10.6 Å². The van der Waals surface area contributed by atoms with Crippen LogP contribution in [0.2, 0.25) is 0 Å². The molecule has 0 saturated heterocycles. The molecule has 0 aromatic carbocycles. The molecule has 0 heterocycles. The molecule has 1 aliphatic rings. The number of hydrogen-bond acceptors (Lipinski definition) is 3. The molecule has 0 radical (unpaired) electrons. The Balaban J connectivity index is 2.20. The van der Waals surface area contributed by atoms with Gasteiger partial charge >= 0.3 is 6.09 Å². The molecule has 1 aliphatic carbocycles. The standard InChI is InChI=1S/C15H30N2O2/c1-11(10-16-14(18)19-15(3,4)5)17-12(2)13-8-6-7-9-13/h11-13,17H,6-10H2,1-5H3,(H,16,18)/t11?,12-/m1/s1. The first kappa shape index (κ1) is 16.3. The van der Waals surface area contributed by atoms with E-state index in [9.17, 15) is 4.79 Å². The average Bonchev–Trinajstić information content (AvgIpc) is 2.77. The van der Waals surface area contributed by atoms with Crippen molar-refractivity contribution < 1.29 is 9.53 Å². The van der Waals surface area contributed by atoms with Crippen LogP contribution in [0.5, 0.6) is 0 Å². The third-order valence-corrected chi connectivity index (χ3v) is 3.61. The van der Waals surface area contributed by atoms with E-state index in [0.717, 1.165) is 5.92 Å². The molecule has 2 atom stereocenters. The fourth-order valence-corrected chi connectivity index (χ4v) is 2.65. The zero-order valence-electron chi connectivity index (χ0n) is 13.1. The van der Waals surface area contributed by atoms with E-state index in [4.69, 9.17) is 4.74 Å². The number of amides is 1. The molecule has 19 heavy (non-hydrogen) atoms. The van der Waals surface area contributed by atoms with Crippen LogP contribution >= 0.6 is 0 Å². The molecule has 0 bridgehead atoms. The van der Waals surface area contributed by atoms with Gasteiger partial charge in [0.1, 0.15) is 5.60 Å². The summed E-state index contributed by atoms with van der Waals surface area (Å²) >= 11 is 0. The van der Waals surface area contributed by atoms with Gasteiger partial charge in [-0.2, -0.15) is 0 Å². The first-order chi connectivity index (χ1) is 8.78. The molecule has 0 spiro atoms. The Hall–Kier alpha value is -0.770. The van der Waals surface area contributed by atoms with E-state index in [0.29, 0.717) is 12.6 Å². The lowest BCUT2D eigenvalue weighted by molar-refractivity contribution is 0.0522. The summed E-state index contributed by atoms with van der Waals surface area (Å²) in [6.07, 6.45) is 5.05. The van der Waals surface area contributed by atoms with E-state index in [1.165, 1.54) is 25.7 Å². The number of hydrogen-bond donors (Lipinski definition) is 2. The molecule has 0 aliphatic heterocycles. The normalized spacial score (nSPS) is 20.1. The first-order valence-corrected chi connectivity index (χ1v) is 7.51. The van der Waals surface area contributed by atoms with Gasteiger partial charge in [-0.25, -0.2) is 4.79 Å². The van der Waals surface area contributed by atoms with E-state index in [-0.39, 0.29) is 12.1 Å². The Morgan fingerprint density at radius 2 is 1.84 bits per heavy atom. The second-order valence-corrected chi connectivity index (χ2v) is 6.78. The Bertz CT molecular complexity index is 280. The Morgan fingerprint density at radius 3 is 2.37 bits per heavy atom. The van der Waals surface area contributed by atoms with E-state index >= 15 is 0 Å². The van der Waals surface area contributed by atoms with Crippen molar-refractivity contribution in [3.05, 3.63) is 0 Å². The summed E-state index contributed by atoms with van der Waals surface area (Å²) in [6.45, 7) is 10.6. The monoisotopic (exact) mass is 270 g/mol. The predicted molar refractivity (Wildman–Crippen MR) is 78.3 cm³/mol. The summed E-state index contributed by atoms with van der Waals surface area (Å²) in [4.78, 5) is 11.5. The van der Waals surface area contributed by atoms with Crippen molar-refractivity contribution in [2.24, 2.45) is 5.92 Å². The summed E-state index contributed by atoms with van der Waals surface area (Å²) in [5.74, 6) is 0.795. The van der Waals surface area contributed by atoms with E-state index in [1.807, 2.05) is 20.8 Å². The van der Waals surface area contributed by atoms with Crippen LogP contribution in [0.15, 0.2) is 0 Å². The van der Waals surface area contributed by atoms with Crippen LogP contribution in [0.1, 0.15) is 60.3 Å². The van der Waals surface area contributed by atoms with Crippen molar-refractivity contribution in [2.75, 3.05) is 6.54 Å². The van der Waals surface area contributed by atoms with Crippen LogP contribution in [-0.2, 0) is 4.74 Å². The minimum absolute atomic E-state index is 0.267. The van der Waals surface area contributed by atoms with E-state index < -0.39 is 5.60 Å². The molecule has 2 N–H and O–H groups in total. The van der Waals surface area contributed by atoms with Crippen molar-refractivity contribution in [3.8, 4) is 0 Å². The van der Waals surface area contributed by atoms with Crippen molar-refractivity contribution in [1.82, 2.24) is 10.6 Å². The summed E-state index contributed by atoms with van der Waals surface area (Å²) in [6, 6.07) is 0.793.